The molecule has 1 saturated heterocycles. The third-order valence-corrected chi connectivity index (χ3v) is 7.56. The van der Waals surface area contributed by atoms with Crippen molar-refractivity contribution in [1.82, 2.24) is 19.6 Å². The highest BCUT2D eigenvalue weighted by Gasteiger charge is 2.24. The Morgan fingerprint density at radius 2 is 1.54 bits per heavy atom. The van der Waals surface area contributed by atoms with Gasteiger partial charge in [0, 0.05) is 59.4 Å². The van der Waals surface area contributed by atoms with Gasteiger partial charge in [-0.05, 0) is 54.6 Å². The van der Waals surface area contributed by atoms with Gasteiger partial charge in [0.15, 0.2) is 0 Å². The van der Waals surface area contributed by atoms with Crippen molar-refractivity contribution in [3.8, 4) is 16.9 Å². The molecule has 0 spiro atoms. The topological polar surface area (TPSA) is 88.6 Å². The summed E-state index contributed by atoms with van der Waals surface area (Å²) in [4.78, 5) is 42.4. The van der Waals surface area contributed by atoms with Crippen LogP contribution in [0, 0.1) is 0 Å². The number of halogens is 1. The van der Waals surface area contributed by atoms with E-state index in [4.69, 9.17) is 9.52 Å². The van der Waals surface area contributed by atoms with Gasteiger partial charge in [-0.3, -0.25) is 9.59 Å². The van der Waals surface area contributed by atoms with E-state index in [0.29, 0.717) is 54.1 Å². The van der Waals surface area contributed by atoms with Crippen LogP contribution in [0.5, 0.6) is 0 Å². The Kier molecular flexibility index (Phi) is 7.35. The van der Waals surface area contributed by atoms with Crippen molar-refractivity contribution >= 4 is 44.8 Å². The number of aromatic nitrogens is 2. The largest absolute Gasteiger partial charge is 0.422 e. The number of benzene rings is 3. The van der Waals surface area contributed by atoms with Crippen molar-refractivity contribution in [2.75, 3.05) is 26.2 Å². The fraction of sp³-hybridized carbons (Fsp3) is 0.125. The first-order valence-corrected chi connectivity index (χ1v) is 14.0. The molecule has 0 N–H and O–H groups in total. The maximum atomic E-state index is 13.1. The van der Waals surface area contributed by atoms with Crippen LogP contribution in [-0.4, -0.2) is 57.6 Å². The van der Waals surface area contributed by atoms with E-state index in [1.54, 1.807) is 51.0 Å². The molecule has 0 saturated carbocycles. The first-order chi connectivity index (χ1) is 20.0. The molecular weight excluding hydrogens is 584 g/mol. The highest BCUT2D eigenvalue weighted by molar-refractivity contribution is 9.10. The molecular formula is C32H25BrN4O4. The molecule has 0 aliphatic carbocycles. The van der Waals surface area contributed by atoms with Crippen LogP contribution in [0.2, 0.25) is 0 Å². The Labute approximate surface area is 244 Å². The quantitative estimate of drug-likeness (QED) is 0.197. The fourth-order valence-electron chi connectivity index (χ4n) is 4.83. The van der Waals surface area contributed by atoms with Gasteiger partial charge < -0.3 is 14.2 Å². The van der Waals surface area contributed by atoms with Crippen molar-refractivity contribution in [2.45, 2.75) is 0 Å². The molecule has 0 bridgehead atoms. The molecule has 2 aromatic heterocycles. The normalized spacial score (nSPS) is 13.7. The second-order valence-electron chi connectivity index (χ2n) is 9.66. The Hall–Kier alpha value is -4.76. The molecule has 8 nitrogen and oxygen atoms in total. The zero-order chi connectivity index (χ0) is 28.3. The average Bonchev–Trinajstić information content (AvgIpc) is 3.44. The van der Waals surface area contributed by atoms with Gasteiger partial charge in [-0.25, -0.2) is 9.48 Å². The van der Waals surface area contributed by atoms with E-state index in [0.717, 1.165) is 15.5 Å². The smallest absolute Gasteiger partial charge is 0.345 e. The Morgan fingerprint density at radius 3 is 2.29 bits per heavy atom. The highest BCUT2D eigenvalue weighted by atomic mass is 79.9. The summed E-state index contributed by atoms with van der Waals surface area (Å²) < 4.78 is 8.16. The highest BCUT2D eigenvalue weighted by Crippen LogP contribution is 2.26. The predicted octanol–water partition coefficient (Wildman–Crippen LogP) is 5.41. The van der Waals surface area contributed by atoms with E-state index in [1.165, 1.54) is 6.08 Å². The first-order valence-electron chi connectivity index (χ1n) is 13.2. The molecule has 3 aromatic carbocycles. The summed E-state index contributed by atoms with van der Waals surface area (Å²) in [5, 5.41) is 5.48. The van der Waals surface area contributed by atoms with E-state index >= 15 is 0 Å². The van der Waals surface area contributed by atoms with Crippen LogP contribution in [0.1, 0.15) is 15.9 Å². The lowest BCUT2D eigenvalue weighted by Crippen LogP contribution is -2.50. The standard InChI is InChI=1S/C32H25BrN4O4/c33-25-13-10-22(11-14-25)31(39)36-18-16-35(17-19-36)29(38)15-12-24-21-37(26-7-2-1-3-8-26)34-30(24)27-20-23-6-4-5-9-28(23)41-32(27)40/h1-15,20-21H,16-19H2/b15-12+. The van der Waals surface area contributed by atoms with Crippen LogP contribution in [0.25, 0.3) is 34.0 Å². The molecule has 1 aliphatic heterocycles. The molecule has 5 aromatic rings. The molecule has 0 unspecified atom stereocenters. The summed E-state index contributed by atoms with van der Waals surface area (Å²) >= 11 is 3.39. The number of hydrogen-bond donors (Lipinski definition) is 0. The number of fused-ring (bicyclic) bond motifs is 1. The Morgan fingerprint density at radius 1 is 0.854 bits per heavy atom. The average molecular weight is 609 g/mol. The van der Waals surface area contributed by atoms with E-state index in [2.05, 4.69) is 15.9 Å². The van der Waals surface area contributed by atoms with Crippen molar-refractivity contribution in [3.05, 3.63) is 123 Å². The minimum atomic E-state index is -0.505. The number of nitrogens with zero attached hydrogens (tertiary/aromatic N) is 4. The van der Waals surface area contributed by atoms with E-state index in [9.17, 15) is 14.4 Å². The minimum absolute atomic E-state index is 0.0488. The molecule has 3 heterocycles. The molecule has 41 heavy (non-hydrogen) atoms. The van der Waals surface area contributed by atoms with Crippen LogP contribution in [0.15, 0.2) is 111 Å². The zero-order valence-electron chi connectivity index (χ0n) is 21.9. The summed E-state index contributed by atoms with van der Waals surface area (Å²) in [6.45, 7) is 1.75. The maximum Gasteiger partial charge on any atom is 0.345 e. The maximum absolute atomic E-state index is 13.1. The van der Waals surface area contributed by atoms with Gasteiger partial charge >= 0.3 is 5.63 Å². The summed E-state index contributed by atoms with van der Waals surface area (Å²) in [5.41, 5.74) is 2.76. The van der Waals surface area contributed by atoms with Crippen LogP contribution in [-0.2, 0) is 4.79 Å². The predicted molar refractivity (Wildman–Crippen MR) is 161 cm³/mol. The monoisotopic (exact) mass is 608 g/mol. The zero-order valence-corrected chi connectivity index (χ0v) is 23.5. The van der Waals surface area contributed by atoms with Gasteiger partial charge in [0.25, 0.3) is 5.91 Å². The lowest BCUT2D eigenvalue weighted by Gasteiger charge is -2.34. The minimum Gasteiger partial charge on any atom is -0.422 e. The molecule has 6 rings (SSSR count). The van der Waals surface area contributed by atoms with Crippen LogP contribution < -0.4 is 5.63 Å². The molecule has 1 fully saturated rings. The first kappa shape index (κ1) is 26.5. The van der Waals surface area contributed by atoms with Crippen molar-refractivity contribution in [2.24, 2.45) is 0 Å². The molecule has 2 amide bonds. The lowest BCUT2D eigenvalue weighted by molar-refractivity contribution is -0.127. The van der Waals surface area contributed by atoms with Crippen molar-refractivity contribution in [3.63, 3.8) is 0 Å². The number of rotatable bonds is 5. The van der Waals surface area contributed by atoms with Crippen LogP contribution in [0.4, 0.5) is 0 Å². The van der Waals surface area contributed by atoms with Gasteiger partial charge in [-0.1, -0.05) is 52.3 Å². The van der Waals surface area contributed by atoms with Gasteiger partial charge in [0.2, 0.25) is 5.91 Å². The molecule has 0 atom stereocenters. The molecule has 1 aliphatic rings. The van der Waals surface area contributed by atoms with Gasteiger partial charge in [0.1, 0.15) is 11.3 Å². The second kappa shape index (κ2) is 11.4. The third kappa shape index (κ3) is 5.62. The van der Waals surface area contributed by atoms with Crippen LogP contribution in [0.3, 0.4) is 0 Å². The molecule has 204 valence electrons. The summed E-state index contributed by atoms with van der Waals surface area (Å²) in [5.74, 6) is -0.225. The fourth-order valence-corrected chi connectivity index (χ4v) is 5.09. The molecule has 0 radical (unpaired) electrons. The van der Waals surface area contributed by atoms with Crippen LogP contribution >= 0.6 is 15.9 Å². The van der Waals surface area contributed by atoms with E-state index in [-0.39, 0.29) is 11.8 Å². The number of carbonyl (C=O) groups excluding carboxylic acids is 2. The molecule has 9 heteroatoms. The second-order valence-corrected chi connectivity index (χ2v) is 10.6. The summed E-state index contributed by atoms with van der Waals surface area (Å²) in [6.07, 6.45) is 4.96. The SMILES string of the molecule is O=C(/C=C/c1cn(-c2ccccc2)nc1-c1cc2ccccc2oc1=O)N1CCN(C(=O)c2ccc(Br)cc2)CC1. The van der Waals surface area contributed by atoms with Gasteiger partial charge in [0.05, 0.1) is 11.3 Å². The number of carbonyl (C=O) groups is 2. The number of amides is 2. The Bertz CT molecular complexity index is 1820. The van der Waals surface area contributed by atoms with E-state index in [1.807, 2.05) is 60.7 Å². The lowest BCUT2D eigenvalue weighted by atomic mass is 10.1. The number of hydrogen-bond acceptors (Lipinski definition) is 5. The van der Waals surface area contributed by atoms with Gasteiger partial charge in [-0.15, -0.1) is 0 Å². The summed E-state index contributed by atoms with van der Waals surface area (Å²) in [7, 11) is 0. The van der Waals surface area contributed by atoms with Gasteiger partial charge in [-0.2, -0.15) is 5.10 Å². The summed E-state index contributed by atoms with van der Waals surface area (Å²) in [6, 6.07) is 25.9. The van der Waals surface area contributed by atoms with Crippen molar-refractivity contribution in [1.29, 1.82) is 0 Å². The number of para-hydroxylation sites is 2. The Balaban J connectivity index is 1.24. The van der Waals surface area contributed by atoms with E-state index < -0.39 is 5.63 Å². The third-order valence-electron chi connectivity index (χ3n) is 7.04. The number of piperazine rings is 1. The van der Waals surface area contributed by atoms with Crippen molar-refractivity contribution < 1.29 is 14.0 Å².